The number of halogens is 9. The van der Waals surface area contributed by atoms with Crippen LogP contribution in [0.25, 0.3) is 0 Å². The first-order chi connectivity index (χ1) is 10.6. The highest BCUT2D eigenvalue weighted by atomic mass is 19.4. The van der Waals surface area contributed by atoms with Crippen LogP contribution in [0.5, 0.6) is 0 Å². The number of benzene rings is 1. The highest BCUT2D eigenvalue weighted by molar-refractivity contribution is 5.94. The van der Waals surface area contributed by atoms with Gasteiger partial charge in [-0.15, -0.1) is 26.3 Å². The van der Waals surface area contributed by atoms with E-state index in [1.165, 1.54) is 6.07 Å². The molecule has 0 bridgehead atoms. The second-order valence-electron chi connectivity index (χ2n) is 3.75. The molecule has 0 saturated heterocycles. The lowest BCUT2D eigenvalue weighted by Crippen LogP contribution is -2.51. The molecule has 4 nitrogen and oxygen atoms in total. The Morgan fingerprint density at radius 1 is 0.792 bits per heavy atom. The maximum Gasteiger partial charge on any atom is 0.494 e. The summed E-state index contributed by atoms with van der Waals surface area (Å²) >= 11 is 0. The van der Waals surface area contributed by atoms with Crippen molar-refractivity contribution in [3.63, 3.8) is 0 Å². The number of aliphatic carboxylic acids is 1. The largest absolute Gasteiger partial charge is 0.494 e. The molecule has 136 valence electrons. The Morgan fingerprint density at radius 3 is 1.38 bits per heavy atom. The van der Waals surface area contributed by atoms with E-state index in [2.05, 4.69) is 0 Å². The van der Waals surface area contributed by atoms with Crippen LogP contribution >= 0.6 is 0 Å². The Balaban J connectivity index is 0.000000640. The van der Waals surface area contributed by atoms with Gasteiger partial charge in [0, 0.05) is 5.56 Å². The third-order valence-electron chi connectivity index (χ3n) is 1.97. The summed E-state index contributed by atoms with van der Waals surface area (Å²) in [7, 11) is 0. The SMILES string of the molecule is O=C(O)C(F)(F)F.O=C(c1ccccc1)N(C(F)(F)F)C(F)(F)F. The summed E-state index contributed by atoms with van der Waals surface area (Å²) in [5.74, 6) is -4.92. The van der Waals surface area contributed by atoms with Crippen LogP contribution in [0.4, 0.5) is 39.5 Å². The van der Waals surface area contributed by atoms with Gasteiger partial charge in [-0.3, -0.25) is 4.79 Å². The van der Waals surface area contributed by atoms with Crippen LogP contribution in [0.3, 0.4) is 0 Å². The molecule has 24 heavy (non-hydrogen) atoms. The standard InChI is InChI=1S/C9H5F6NO.C2HF3O2/c10-8(11,12)16(9(13,14)15)7(17)6-4-2-1-3-5-6;3-2(4,5)1(6)7/h1-5H;(H,6,7). The molecule has 0 spiro atoms. The zero-order valence-electron chi connectivity index (χ0n) is 11.0. The zero-order chi connectivity index (χ0) is 19.3. The lowest BCUT2D eigenvalue weighted by molar-refractivity contribution is -0.348. The fourth-order valence-electron chi connectivity index (χ4n) is 1.08. The van der Waals surface area contributed by atoms with Crippen LogP contribution in [0, 0.1) is 0 Å². The number of nitrogens with zero attached hydrogens (tertiary/aromatic N) is 1. The van der Waals surface area contributed by atoms with E-state index in [9.17, 15) is 44.3 Å². The Hall–Kier alpha value is -2.47. The number of hydrogen-bond acceptors (Lipinski definition) is 2. The summed E-state index contributed by atoms with van der Waals surface area (Å²) in [6.45, 7) is 0. The first-order valence-corrected chi connectivity index (χ1v) is 5.41. The number of carboxylic acid groups (broad SMARTS) is 1. The molecule has 1 amide bonds. The van der Waals surface area contributed by atoms with E-state index in [0.29, 0.717) is 0 Å². The van der Waals surface area contributed by atoms with Crippen molar-refractivity contribution in [3.05, 3.63) is 35.9 Å². The van der Waals surface area contributed by atoms with Crippen molar-refractivity contribution >= 4 is 11.9 Å². The number of carboxylic acids is 1. The predicted octanol–water partition coefficient (Wildman–Crippen LogP) is 3.80. The maximum absolute atomic E-state index is 12.1. The molecular formula is C11H6F9NO3. The van der Waals surface area contributed by atoms with Crippen molar-refractivity contribution in [2.24, 2.45) is 0 Å². The third-order valence-corrected chi connectivity index (χ3v) is 1.97. The minimum atomic E-state index is -5.81. The Labute approximate surface area is 127 Å². The molecular weight excluding hydrogens is 365 g/mol. The fourth-order valence-corrected chi connectivity index (χ4v) is 1.08. The number of carbonyl (C=O) groups is 2. The first kappa shape index (κ1) is 21.5. The molecule has 0 unspecified atom stereocenters. The first-order valence-electron chi connectivity index (χ1n) is 5.41. The van der Waals surface area contributed by atoms with Crippen molar-refractivity contribution in [2.75, 3.05) is 0 Å². The molecule has 0 atom stereocenters. The van der Waals surface area contributed by atoms with E-state index in [1.54, 1.807) is 0 Å². The second-order valence-corrected chi connectivity index (χ2v) is 3.75. The number of carbonyl (C=O) groups excluding carboxylic acids is 1. The number of rotatable bonds is 1. The van der Waals surface area contributed by atoms with Gasteiger partial charge in [-0.05, 0) is 12.1 Å². The molecule has 1 aromatic carbocycles. The second kappa shape index (κ2) is 7.40. The summed E-state index contributed by atoms with van der Waals surface area (Å²) in [6, 6.07) is 5.43. The maximum atomic E-state index is 12.1. The van der Waals surface area contributed by atoms with Gasteiger partial charge >= 0.3 is 24.7 Å². The molecule has 13 heteroatoms. The molecule has 0 aromatic heterocycles. The van der Waals surface area contributed by atoms with Crippen molar-refractivity contribution in [2.45, 2.75) is 18.8 Å². The molecule has 0 fully saturated rings. The fraction of sp³-hybridized carbons (Fsp3) is 0.273. The van der Waals surface area contributed by atoms with Crippen LogP contribution in [0.1, 0.15) is 10.4 Å². The lowest BCUT2D eigenvalue weighted by Gasteiger charge is -2.26. The quantitative estimate of drug-likeness (QED) is 0.604. The molecule has 1 aromatic rings. The molecule has 0 saturated carbocycles. The van der Waals surface area contributed by atoms with Gasteiger partial charge in [0.2, 0.25) is 0 Å². The molecule has 0 aliphatic rings. The van der Waals surface area contributed by atoms with E-state index in [1.807, 2.05) is 0 Å². The topological polar surface area (TPSA) is 57.6 Å². The monoisotopic (exact) mass is 371 g/mol. The van der Waals surface area contributed by atoms with E-state index in [-0.39, 0.29) is 0 Å². The minimum absolute atomic E-state index is 0.692. The van der Waals surface area contributed by atoms with Gasteiger partial charge in [0.05, 0.1) is 0 Å². The summed E-state index contributed by atoms with van der Waals surface area (Å²) in [6.07, 6.45) is -16.7. The number of amides is 1. The van der Waals surface area contributed by atoms with Crippen molar-refractivity contribution in [1.29, 1.82) is 0 Å². The van der Waals surface area contributed by atoms with Crippen LogP contribution in [0.2, 0.25) is 0 Å². The lowest BCUT2D eigenvalue weighted by atomic mass is 10.2. The minimum Gasteiger partial charge on any atom is -0.475 e. The highest BCUT2D eigenvalue weighted by Crippen LogP contribution is 2.34. The van der Waals surface area contributed by atoms with E-state index >= 15 is 0 Å². The molecule has 1 rings (SSSR count). The van der Waals surface area contributed by atoms with Gasteiger partial charge in [0.15, 0.2) is 0 Å². The van der Waals surface area contributed by atoms with Crippen LogP contribution < -0.4 is 0 Å². The van der Waals surface area contributed by atoms with Crippen molar-refractivity contribution < 1.29 is 54.2 Å². The van der Waals surface area contributed by atoms with Gasteiger partial charge in [0.1, 0.15) is 0 Å². The van der Waals surface area contributed by atoms with E-state index in [0.717, 1.165) is 24.3 Å². The van der Waals surface area contributed by atoms with Gasteiger partial charge in [-0.2, -0.15) is 18.1 Å². The van der Waals surface area contributed by atoms with E-state index < -0.39 is 41.1 Å². The summed E-state index contributed by atoms with van der Waals surface area (Å²) in [5.41, 5.74) is -0.692. The highest BCUT2D eigenvalue weighted by Gasteiger charge is 2.57. The van der Waals surface area contributed by atoms with Gasteiger partial charge < -0.3 is 5.11 Å². The average Bonchev–Trinajstić information content (AvgIpc) is 2.35. The average molecular weight is 371 g/mol. The summed E-state index contributed by atoms with van der Waals surface area (Å²) in [5, 5.41) is 7.12. The van der Waals surface area contributed by atoms with Gasteiger partial charge in [-0.1, -0.05) is 18.2 Å². The normalized spacial score (nSPS) is 12.0. The smallest absolute Gasteiger partial charge is 0.475 e. The summed E-state index contributed by atoms with van der Waals surface area (Å²) < 4.78 is 105. The Kier molecular flexibility index (Phi) is 6.64. The van der Waals surface area contributed by atoms with Crippen LogP contribution in [-0.4, -0.2) is 40.7 Å². The van der Waals surface area contributed by atoms with Crippen molar-refractivity contribution in [1.82, 2.24) is 4.90 Å². The van der Waals surface area contributed by atoms with Gasteiger partial charge in [-0.25, -0.2) is 4.79 Å². The molecule has 0 radical (unpaired) electrons. The zero-order valence-corrected chi connectivity index (χ0v) is 11.0. The summed E-state index contributed by atoms with van der Waals surface area (Å²) in [4.78, 5) is 18.0. The third kappa shape index (κ3) is 6.75. The number of alkyl halides is 9. The molecule has 0 aliphatic heterocycles. The van der Waals surface area contributed by atoms with Crippen LogP contribution in [0.15, 0.2) is 30.3 Å². The van der Waals surface area contributed by atoms with Gasteiger partial charge in [0.25, 0.3) is 5.91 Å². The van der Waals surface area contributed by atoms with Crippen molar-refractivity contribution in [3.8, 4) is 0 Å². The molecule has 0 aliphatic carbocycles. The Bertz CT molecular complexity index is 549. The molecule has 0 heterocycles. The van der Waals surface area contributed by atoms with Crippen LogP contribution in [-0.2, 0) is 4.79 Å². The molecule has 1 N–H and O–H groups in total. The number of hydrogen-bond donors (Lipinski definition) is 1. The predicted molar refractivity (Wildman–Crippen MR) is 58.4 cm³/mol. The van der Waals surface area contributed by atoms with E-state index in [4.69, 9.17) is 9.90 Å². The Morgan fingerprint density at radius 2 is 1.12 bits per heavy atom.